The molecule has 2 unspecified atom stereocenters. The number of Topliss-reactive ketones (excluding diaryl/α,β-unsaturated/α-hetero) is 1. The Morgan fingerprint density at radius 3 is 2.90 bits per heavy atom. The molecule has 2 aliphatic rings. The first-order valence-electron chi connectivity index (χ1n) is 7.30. The number of nitrogens with zero attached hydrogens (tertiary/aromatic N) is 1. The molecule has 4 nitrogen and oxygen atoms in total. The van der Waals surface area contributed by atoms with Gasteiger partial charge in [0.2, 0.25) is 6.79 Å². The monoisotopic (exact) mass is 275 g/mol. The van der Waals surface area contributed by atoms with Crippen molar-refractivity contribution in [1.29, 1.82) is 0 Å². The third-order valence-electron chi connectivity index (χ3n) is 4.32. The zero-order valence-corrected chi connectivity index (χ0v) is 12.1. The summed E-state index contributed by atoms with van der Waals surface area (Å²) in [4.78, 5) is 14.7. The SMILES string of the molecule is CC1CCN(CC(=O)c2ccc3c(c2)OCO3)C(C)C1. The van der Waals surface area contributed by atoms with E-state index in [1.165, 1.54) is 12.8 Å². The van der Waals surface area contributed by atoms with Crippen LogP contribution in [-0.2, 0) is 0 Å². The third-order valence-corrected chi connectivity index (χ3v) is 4.32. The first-order chi connectivity index (χ1) is 9.63. The van der Waals surface area contributed by atoms with Crippen LogP contribution < -0.4 is 9.47 Å². The zero-order valence-electron chi connectivity index (χ0n) is 12.1. The minimum absolute atomic E-state index is 0.157. The molecule has 1 fully saturated rings. The van der Waals surface area contributed by atoms with Gasteiger partial charge in [0.15, 0.2) is 17.3 Å². The number of piperidine rings is 1. The van der Waals surface area contributed by atoms with Gasteiger partial charge in [0.1, 0.15) is 0 Å². The minimum Gasteiger partial charge on any atom is -0.454 e. The Hall–Kier alpha value is -1.55. The van der Waals surface area contributed by atoms with E-state index in [4.69, 9.17) is 9.47 Å². The van der Waals surface area contributed by atoms with Crippen molar-refractivity contribution in [2.75, 3.05) is 19.9 Å². The lowest BCUT2D eigenvalue weighted by Gasteiger charge is -2.35. The molecule has 20 heavy (non-hydrogen) atoms. The predicted octanol–water partition coefficient (Wildman–Crippen LogP) is 2.72. The number of hydrogen-bond acceptors (Lipinski definition) is 4. The van der Waals surface area contributed by atoms with Crippen LogP contribution in [0.5, 0.6) is 11.5 Å². The Kier molecular flexibility index (Phi) is 3.66. The van der Waals surface area contributed by atoms with Crippen molar-refractivity contribution in [2.24, 2.45) is 5.92 Å². The average Bonchev–Trinajstić information content (AvgIpc) is 2.89. The number of hydrogen-bond donors (Lipinski definition) is 0. The van der Waals surface area contributed by atoms with Gasteiger partial charge in [0, 0.05) is 11.6 Å². The quantitative estimate of drug-likeness (QED) is 0.795. The highest BCUT2D eigenvalue weighted by atomic mass is 16.7. The Balaban J connectivity index is 1.67. The molecule has 0 saturated carbocycles. The van der Waals surface area contributed by atoms with Crippen LogP contribution in [0.4, 0.5) is 0 Å². The van der Waals surface area contributed by atoms with E-state index >= 15 is 0 Å². The highest BCUT2D eigenvalue weighted by Gasteiger charge is 2.25. The fraction of sp³-hybridized carbons (Fsp3) is 0.562. The molecular weight excluding hydrogens is 254 g/mol. The number of carbonyl (C=O) groups excluding carboxylic acids is 1. The van der Waals surface area contributed by atoms with E-state index in [1.807, 2.05) is 12.1 Å². The molecule has 0 aromatic heterocycles. The Labute approximate surface area is 119 Å². The summed E-state index contributed by atoms with van der Waals surface area (Å²) in [5.41, 5.74) is 0.708. The second-order valence-corrected chi connectivity index (χ2v) is 5.94. The first kappa shape index (κ1) is 13.4. The normalized spacial score (nSPS) is 25.7. The van der Waals surface area contributed by atoms with Crippen LogP contribution in [0, 0.1) is 5.92 Å². The molecule has 1 saturated heterocycles. The Bertz CT molecular complexity index is 514. The molecule has 108 valence electrons. The lowest BCUT2D eigenvalue weighted by molar-refractivity contribution is 0.0816. The van der Waals surface area contributed by atoms with Gasteiger partial charge < -0.3 is 9.47 Å². The molecule has 0 radical (unpaired) electrons. The molecular formula is C16H21NO3. The van der Waals surface area contributed by atoms with E-state index in [2.05, 4.69) is 18.7 Å². The van der Waals surface area contributed by atoms with Crippen LogP contribution in [0.1, 0.15) is 37.0 Å². The molecule has 3 rings (SSSR count). The number of benzene rings is 1. The summed E-state index contributed by atoms with van der Waals surface area (Å²) in [5.74, 6) is 2.32. The van der Waals surface area contributed by atoms with Gasteiger partial charge in [-0.05, 0) is 50.4 Å². The van der Waals surface area contributed by atoms with Crippen molar-refractivity contribution in [2.45, 2.75) is 32.7 Å². The van der Waals surface area contributed by atoms with Crippen LogP contribution in [0.25, 0.3) is 0 Å². The van der Waals surface area contributed by atoms with E-state index in [-0.39, 0.29) is 12.6 Å². The lowest BCUT2D eigenvalue weighted by Crippen LogP contribution is -2.43. The van der Waals surface area contributed by atoms with Gasteiger partial charge in [0.05, 0.1) is 6.54 Å². The maximum atomic E-state index is 12.4. The fourth-order valence-corrected chi connectivity index (χ4v) is 3.04. The largest absolute Gasteiger partial charge is 0.454 e. The lowest BCUT2D eigenvalue weighted by atomic mass is 9.93. The van der Waals surface area contributed by atoms with Gasteiger partial charge in [-0.1, -0.05) is 6.92 Å². The van der Waals surface area contributed by atoms with Crippen molar-refractivity contribution in [3.8, 4) is 11.5 Å². The average molecular weight is 275 g/mol. The third kappa shape index (κ3) is 2.66. The highest BCUT2D eigenvalue weighted by molar-refractivity contribution is 5.98. The van der Waals surface area contributed by atoms with Gasteiger partial charge in [-0.2, -0.15) is 0 Å². The van der Waals surface area contributed by atoms with Gasteiger partial charge >= 0.3 is 0 Å². The minimum atomic E-state index is 0.157. The summed E-state index contributed by atoms with van der Waals surface area (Å²) >= 11 is 0. The molecule has 1 aromatic rings. The second kappa shape index (κ2) is 5.44. The topological polar surface area (TPSA) is 38.8 Å². The number of carbonyl (C=O) groups is 1. The van der Waals surface area contributed by atoms with E-state index in [9.17, 15) is 4.79 Å². The molecule has 0 amide bonds. The summed E-state index contributed by atoms with van der Waals surface area (Å²) in [6, 6.07) is 5.92. The van der Waals surface area contributed by atoms with Gasteiger partial charge in [-0.3, -0.25) is 9.69 Å². The summed E-state index contributed by atoms with van der Waals surface area (Å²) in [6.07, 6.45) is 2.35. The number of ether oxygens (including phenoxy) is 2. The standard InChI is InChI=1S/C16H21NO3/c1-11-5-6-17(12(2)7-11)9-14(18)13-3-4-15-16(8-13)20-10-19-15/h3-4,8,11-12H,5-7,9-10H2,1-2H3. The van der Waals surface area contributed by atoms with E-state index in [1.54, 1.807) is 6.07 Å². The van der Waals surface area contributed by atoms with Crippen LogP contribution in [-0.4, -0.2) is 36.6 Å². The van der Waals surface area contributed by atoms with Gasteiger partial charge in [-0.25, -0.2) is 0 Å². The maximum Gasteiger partial charge on any atom is 0.231 e. The van der Waals surface area contributed by atoms with Gasteiger partial charge in [0.25, 0.3) is 0 Å². The van der Waals surface area contributed by atoms with Crippen molar-refractivity contribution in [3.05, 3.63) is 23.8 Å². The predicted molar refractivity (Wildman–Crippen MR) is 76.3 cm³/mol. The van der Waals surface area contributed by atoms with Crippen molar-refractivity contribution < 1.29 is 14.3 Å². The Morgan fingerprint density at radius 2 is 2.10 bits per heavy atom. The summed E-state index contributed by atoms with van der Waals surface area (Å²) < 4.78 is 10.6. The first-order valence-corrected chi connectivity index (χ1v) is 7.30. The molecule has 0 bridgehead atoms. The van der Waals surface area contributed by atoms with E-state index in [0.29, 0.717) is 23.9 Å². The molecule has 1 aromatic carbocycles. The molecule has 0 spiro atoms. The summed E-state index contributed by atoms with van der Waals surface area (Å²) in [7, 11) is 0. The summed E-state index contributed by atoms with van der Waals surface area (Å²) in [5, 5.41) is 0. The van der Waals surface area contributed by atoms with Crippen LogP contribution in [0.15, 0.2) is 18.2 Å². The molecule has 2 atom stereocenters. The molecule has 2 heterocycles. The van der Waals surface area contributed by atoms with Crippen molar-refractivity contribution >= 4 is 5.78 Å². The molecule has 0 aliphatic carbocycles. The van der Waals surface area contributed by atoms with Crippen LogP contribution in [0.3, 0.4) is 0 Å². The van der Waals surface area contributed by atoms with E-state index in [0.717, 1.165) is 18.2 Å². The molecule has 4 heteroatoms. The molecule has 0 N–H and O–H groups in total. The van der Waals surface area contributed by atoms with Crippen molar-refractivity contribution in [1.82, 2.24) is 4.90 Å². The summed E-state index contributed by atoms with van der Waals surface area (Å²) in [6.45, 7) is 6.25. The number of ketones is 1. The smallest absolute Gasteiger partial charge is 0.231 e. The van der Waals surface area contributed by atoms with Gasteiger partial charge in [-0.15, -0.1) is 0 Å². The Morgan fingerprint density at radius 1 is 1.30 bits per heavy atom. The van der Waals surface area contributed by atoms with Crippen LogP contribution >= 0.6 is 0 Å². The zero-order chi connectivity index (χ0) is 14.1. The number of rotatable bonds is 3. The second-order valence-electron chi connectivity index (χ2n) is 5.94. The molecule has 2 aliphatic heterocycles. The van der Waals surface area contributed by atoms with E-state index < -0.39 is 0 Å². The maximum absolute atomic E-state index is 12.4. The van der Waals surface area contributed by atoms with Crippen LogP contribution in [0.2, 0.25) is 0 Å². The highest BCUT2D eigenvalue weighted by Crippen LogP contribution is 2.32. The van der Waals surface area contributed by atoms with Crippen molar-refractivity contribution in [3.63, 3.8) is 0 Å². The number of likely N-dealkylation sites (tertiary alicyclic amines) is 1. The fourth-order valence-electron chi connectivity index (χ4n) is 3.04. The number of fused-ring (bicyclic) bond motifs is 1.